The summed E-state index contributed by atoms with van der Waals surface area (Å²) in [4.78, 5) is 43.0. The van der Waals surface area contributed by atoms with Gasteiger partial charge in [-0.3, -0.25) is 19.4 Å². The zero-order chi connectivity index (χ0) is 43.3. The second kappa shape index (κ2) is 20.1. The highest BCUT2D eigenvalue weighted by Crippen LogP contribution is 2.29. The molecule has 59 heavy (non-hydrogen) atoms. The zero-order valence-corrected chi connectivity index (χ0v) is 34.3. The van der Waals surface area contributed by atoms with Gasteiger partial charge >= 0.3 is 0 Å². The normalized spacial score (nSPS) is 18.2. The van der Waals surface area contributed by atoms with Crippen molar-refractivity contribution in [1.82, 2.24) is 29.3 Å². The number of aryl methyl sites for hydroxylation is 2. The quantitative estimate of drug-likeness (QED) is 0.0303. The number of likely N-dealkylation sites (tertiary alicyclic amines) is 1. The van der Waals surface area contributed by atoms with E-state index in [2.05, 4.69) is 30.9 Å². The smallest absolute Gasteiger partial charge is 0.277 e. The first-order chi connectivity index (χ1) is 28.1. The number of aliphatic hydroxyl groups is 10. The van der Waals surface area contributed by atoms with E-state index in [9.17, 15) is 60.7 Å². The predicted molar refractivity (Wildman–Crippen MR) is 214 cm³/mol. The fraction of sp³-hybridized carbons (Fsp3) is 0.595. The Hall–Kier alpha value is -3.91. The van der Waals surface area contributed by atoms with Gasteiger partial charge in [-0.05, 0) is 54.8 Å². The number of nitrogen functional groups attached to an aromatic ring is 1. The molecule has 4 aromatic rings. The second-order valence-corrected chi connectivity index (χ2v) is 15.5. The molecule has 22 heteroatoms. The van der Waals surface area contributed by atoms with E-state index in [-0.39, 0.29) is 37.2 Å². The molecule has 0 saturated carbocycles. The fourth-order valence-corrected chi connectivity index (χ4v) is 8.04. The van der Waals surface area contributed by atoms with Crippen LogP contribution in [0, 0.1) is 0 Å². The first-order valence-corrected chi connectivity index (χ1v) is 20.2. The second-order valence-electron chi connectivity index (χ2n) is 14.7. The molecular formula is C37H55BrN9O12+. The molecule has 1 fully saturated rings. The molecule has 21 nitrogen and oxygen atoms in total. The summed E-state index contributed by atoms with van der Waals surface area (Å²) in [6.07, 6.45) is -11.7. The molecule has 3 aromatic heterocycles. The molecule has 8 atom stereocenters. The Balaban J connectivity index is 1.35. The van der Waals surface area contributed by atoms with Crippen LogP contribution in [-0.2, 0) is 24.4 Å². The van der Waals surface area contributed by atoms with Crippen molar-refractivity contribution >= 4 is 62.1 Å². The summed E-state index contributed by atoms with van der Waals surface area (Å²) >= 11 is 3.44. The number of anilines is 2. The molecule has 0 aliphatic carbocycles. The van der Waals surface area contributed by atoms with Gasteiger partial charge in [0.2, 0.25) is 6.41 Å². The summed E-state index contributed by atoms with van der Waals surface area (Å²) in [5.41, 5.74) is 9.22. The van der Waals surface area contributed by atoms with Crippen molar-refractivity contribution in [3.05, 3.63) is 40.3 Å². The van der Waals surface area contributed by atoms with E-state index >= 15 is 0 Å². The standard InChI is InChI=1S/C37H55BrN9O12/c1-3-46-22-6-5-19(11-23(22)47(4-2)28(46)15-45(18-50)36-34(39)42-35-29(41-36)21(38)12-40-35)37(59)43-9-7-20(8-10-43)44(13-24(51)30(55)32(57)26(53)16-48)14-25(52)31(56)33(58)27(54)17-49/h5-6,11-12,18,20,24-27,30-33,48-49,51-58H,3-4,7-10,13-17H2,1-2H3,(H3,39,40,42)/q+1/t24-,25-,26+,27+,30+,31+,32+,33+/m0/s1. The number of hydrogen-bond acceptors (Lipinski definition) is 16. The van der Waals surface area contributed by atoms with E-state index < -0.39 is 81.2 Å². The van der Waals surface area contributed by atoms with Crippen molar-refractivity contribution in [3.63, 3.8) is 0 Å². The van der Waals surface area contributed by atoms with Gasteiger partial charge in [0, 0.05) is 50.0 Å². The van der Waals surface area contributed by atoms with Crippen molar-refractivity contribution in [2.75, 3.05) is 50.0 Å². The van der Waals surface area contributed by atoms with Gasteiger partial charge in [-0.25, -0.2) is 19.1 Å². The Morgan fingerprint density at radius 1 is 0.949 bits per heavy atom. The highest BCUT2D eigenvalue weighted by atomic mass is 79.9. The van der Waals surface area contributed by atoms with Gasteiger partial charge in [0.05, 0.1) is 43.0 Å². The topological polar surface area (TPSA) is 323 Å². The van der Waals surface area contributed by atoms with Gasteiger partial charge in [0.25, 0.3) is 11.7 Å². The maximum absolute atomic E-state index is 14.0. The molecular weight excluding hydrogens is 842 g/mol. The van der Waals surface area contributed by atoms with Crippen LogP contribution in [0.25, 0.3) is 22.2 Å². The molecule has 5 rings (SSSR count). The van der Waals surface area contributed by atoms with Crippen molar-refractivity contribution in [2.24, 2.45) is 0 Å². The molecule has 1 saturated heterocycles. The number of nitrogens with one attached hydrogen (secondary N) is 1. The highest BCUT2D eigenvalue weighted by Gasteiger charge is 2.38. The Morgan fingerprint density at radius 2 is 1.53 bits per heavy atom. The van der Waals surface area contributed by atoms with Crippen LogP contribution in [0.4, 0.5) is 11.6 Å². The van der Waals surface area contributed by atoms with Gasteiger partial charge in [0.1, 0.15) is 48.7 Å². The van der Waals surface area contributed by atoms with Crippen LogP contribution in [0.1, 0.15) is 42.9 Å². The lowest BCUT2D eigenvalue weighted by Crippen LogP contribution is -2.56. The number of carbonyl (C=O) groups excluding carboxylic acids is 2. The monoisotopic (exact) mass is 896 g/mol. The molecule has 0 radical (unpaired) electrons. The Labute approximate surface area is 347 Å². The summed E-state index contributed by atoms with van der Waals surface area (Å²) in [5, 5.41) is 101. The maximum atomic E-state index is 14.0. The van der Waals surface area contributed by atoms with Crippen LogP contribution in [0.2, 0.25) is 0 Å². The lowest BCUT2D eigenvalue weighted by atomic mass is 9.97. The van der Waals surface area contributed by atoms with Crippen molar-refractivity contribution < 1.29 is 65.2 Å². The first-order valence-electron chi connectivity index (χ1n) is 19.4. The number of hydrogen-bond donors (Lipinski definition) is 12. The summed E-state index contributed by atoms with van der Waals surface area (Å²) in [6, 6.07) is 4.91. The van der Waals surface area contributed by atoms with Crippen LogP contribution < -0.4 is 15.2 Å². The molecule has 13 N–H and O–H groups in total. The minimum Gasteiger partial charge on any atom is -0.394 e. The summed E-state index contributed by atoms with van der Waals surface area (Å²) < 4.78 is 4.72. The average Bonchev–Trinajstić information content (AvgIpc) is 3.76. The summed E-state index contributed by atoms with van der Waals surface area (Å²) in [6.45, 7) is 2.94. The first kappa shape index (κ1) is 46.2. The predicted octanol–water partition coefficient (Wildman–Crippen LogP) is -3.47. The molecule has 0 spiro atoms. The van der Waals surface area contributed by atoms with Crippen LogP contribution in [0.3, 0.4) is 0 Å². The van der Waals surface area contributed by atoms with Crippen LogP contribution >= 0.6 is 15.9 Å². The molecule has 2 amide bonds. The number of amides is 2. The number of carbonyl (C=O) groups is 2. The van der Waals surface area contributed by atoms with Crippen molar-refractivity contribution in [1.29, 1.82) is 0 Å². The van der Waals surface area contributed by atoms with Gasteiger partial charge in [0.15, 0.2) is 28.3 Å². The number of aromatic amines is 1. The number of imidazole rings is 1. The minimum atomic E-state index is -1.92. The number of halogens is 1. The van der Waals surface area contributed by atoms with E-state index in [0.717, 1.165) is 16.9 Å². The van der Waals surface area contributed by atoms with Gasteiger partial charge < -0.3 is 66.7 Å². The van der Waals surface area contributed by atoms with E-state index in [4.69, 9.17) is 5.73 Å². The molecule has 1 aliphatic rings. The number of piperidine rings is 1. The van der Waals surface area contributed by atoms with E-state index in [1.165, 1.54) is 9.80 Å². The Morgan fingerprint density at radius 3 is 2.05 bits per heavy atom. The van der Waals surface area contributed by atoms with Crippen LogP contribution in [-0.4, -0.2) is 187 Å². The van der Waals surface area contributed by atoms with Gasteiger partial charge in [-0.2, -0.15) is 0 Å². The third kappa shape index (κ3) is 9.85. The number of benzene rings is 1. The molecule has 1 aliphatic heterocycles. The average molecular weight is 898 g/mol. The molecule has 0 unspecified atom stereocenters. The third-order valence-corrected chi connectivity index (χ3v) is 11.6. The SMILES string of the molecule is CCn1c(CN(C=O)c2nc3c(Br)c[nH]c3nc2N)[n+](CC)c2ccc(C(=O)N3CCC(N(C[C@H](O)[C@@H](O)[C@H](O)[C@H](O)CO)C[C@H](O)[C@@H](O)[C@H](O)[C@H](O)CO)CC3)cc21. The van der Waals surface area contributed by atoms with Crippen LogP contribution in [0.15, 0.2) is 28.9 Å². The van der Waals surface area contributed by atoms with E-state index in [1.807, 2.05) is 29.0 Å². The number of rotatable bonds is 20. The van der Waals surface area contributed by atoms with Crippen molar-refractivity contribution in [2.45, 2.75) is 101 Å². The maximum Gasteiger partial charge on any atom is 0.277 e. The van der Waals surface area contributed by atoms with Crippen LogP contribution in [0.5, 0.6) is 0 Å². The zero-order valence-electron chi connectivity index (χ0n) is 32.7. The Bertz CT molecular complexity index is 2020. The Kier molecular flexibility index (Phi) is 15.7. The van der Waals surface area contributed by atoms with Crippen molar-refractivity contribution in [3.8, 4) is 0 Å². The molecule has 0 bridgehead atoms. The number of fused-ring (bicyclic) bond motifs is 2. The summed E-state index contributed by atoms with van der Waals surface area (Å²) in [7, 11) is 0. The highest BCUT2D eigenvalue weighted by molar-refractivity contribution is 9.10. The number of aromatic nitrogens is 5. The van der Waals surface area contributed by atoms with Gasteiger partial charge in [-0.15, -0.1) is 0 Å². The molecule has 4 heterocycles. The van der Waals surface area contributed by atoms with E-state index in [0.29, 0.717) is 53.5 Å². The third-order valence-electron chi connectivity index (χ3n) is 11.0. The fourth-order valence-electron chi connectivity index (χ4n) is 7.65. The number of aliphatic hydroxyl groups excluding tert-OH is 10. The largest absolute Gasteiger partial charge is 0.394 e. The minimum absolute atomic E-state index is 0.0665. The number of nitrogens with zero attached hydrogens (tertiary/aromatic N) is 7. The van der Waals surface area contributed by atoms with E-state index in [1.54, 1.807) is 23.2 Å². The summed E-state index contributed by atoms with van der Waals surface area (Å²) in [5.74, 6) is 0.750. The van der Waals surface area contributed by atoms with Gasteiger partial charge in [-0.1, -0.05) is 0 Å². The number of H-pyrrole nitrogens is 1. The lowest BCUT2D eigenvalue weighted by Gasteiger charge is -2.41. The number of nitrogens with two attached hydrogens (primary N) is 1. The molecule has 1 aromatic carbocycles. The lowest BCUT2D eigenvalue weighted by molar-refractivity contribution is -0.676. The molecule has 326 valence electrons.